The molecular formula is C10H9BrN2OS2. The zero-order valence-electron chi connectivity index (χ0n) is 8.42. The number of benzene rings is 1. The van der Waals surface area contributed by atoms with Gasteiger partial charge in [0.05, 0.1) is 6.10 Å². The molecule has 1 aromatic heterocycles. The van der Waals surface area contributed by atoms with Gasteiger partial charge in [0.1, 0.15) is 5.51 Å². The molecule has 6 heteroatoms. The van der Waals surface area contributed by atoms with Gasteiger partial charge in [-0.3, -0.25) is 0 Å². The first kappa shape index (κ1) is 12.0. The zero-order chi connectivity index (χ0) is 11.5. The van der Waals surface area contributed by atoms with Crippen molar-refractivity contribution in [3.8, 4) is 0 Å². The molecule has 0 saturated heterocycles. The van der Waals surface area contributed by atoms with Gasteiger partial charge in [0, 0.05) is 9.37 Å². The van der Waals surface area contributed by atoms with E-state index in [0.29, 0.717) is 0 Å². The molecule has 1 aromatic carbocycles. The maximum atomic E-state index is 9.69. The molecule has 0 aliphatic carbocycles. The summed E-state index contributed by atoms with van der Waals surface area (Å²) in [5.41, 5.74) is 2.60. The summed E-state index contributed by atoms with van der Waals surface area (Å²) in [6.45, 7) is 1.76. The van der Waals surface area contributed by atoms with Crippen molar-refractivity contribution in [2.24, 2.45) is 0 Å². The fourth-order valence-corrected chi connectivity index (χ4v) is 3.25. The predicted octanol–water partition coefficient (Wildman–Crippen LogP) is 3.51. The van der Waals surface area contributed by atoms with E-state index < -0.39 is 6.10 Å². The number of aliphatic hydroxyl groups excluding tert-OH is 1. The van der Waals surface area contributed by atoms with Gasteiger partial charge >= 0.3 is 0 Å². The summed E-state index contributed by atoms with van der Waals surface area (Å²) in [6.07, 6.45) is -0.493. The number of rotatable bonds is 3. The van der Waals surface area contributed by atoms with Gasteiger partial charge in [-0.1, -0.05) is 39.0 Å². The van der Waals surface area contributed by atoms with Crippen LogP contribution in [0.4, 0.5) is 0 Å². The standard InChI is InChI=1S/C10H9BrN2OS2/c1-6(14)8-4-7(11)2-3-9(8)16-10-13-12-5-15-10/h2-6,14H,1H3. The number of hydrogen-bond donors (Lipinski definition) is 1. The SMILES string of the molecule is CC(O)c1cc(Br)ccc1Sc1nncs1. The Morgan fingerprint density at radius 1 is 1.50 bits per heavy atom. The first-order chi connectivity index (χ1) is 7.66. The summed E-state index contributed by atoms with van der Waals surface area (Å²) in [5, 5.41) is 17.4. The molecule has 1 unspecified atom stereocenters. The first-order valence-electron chi connectivity index (χ1n) is 4.58. The Hall–Kier alpha value is -0.430. The summed E-state index contributed by atoms with van der Waals surface area (Å²) in [7, 11) is 0. The van der Waals surface area contributed by atoms with Crippen molar-refractivity contribution in [3.63, 3.8) is 0 Å². The van der Waals surface area contributed by atoms with Crippen LogP contribution in [0.2, 0.25) is 0 Å². The lowest BCUT2D eigenvalue weighted by Crippen LogP contribution is -1.93. The molecule has 3 nitrogen and oxygen atoms in total. The summed E-state index contributed by atoms with van der Waals surface area (Å²) in [4.78, 5) is 1.01. The molecule has 0 aliphatic heterocycles. The largest absolute Gasteiger partial charge is 0.389 e. The minimum atomic E-state index is -0.493. The average molecular weight is 317 g/mol. The Kier molecular flexibility index (Phi) is 3.96. The van der Waals surface area contributed by atoms with Gasteiger partial charge in [-0.25, -0.2) is 0 Å². The van der Waals surface area contributed by atoms with Crippen LogP contribution >= 0.6 is 39.0 Å². The van der Waals surface area contributed by atoms with Crippen LogP contribution in [0, 0.1) is 0 Å². The highest BCUT2D eigenvalue weighted by molar-refractivity contribution is 9.10. The number of hydrogen-bond acceptors (Lipinski definition) is 5. The molecule has 2 rings (SSSR count). The van der Waals surface area contributed by atoms with Crippen molar-refractivity contribution in [1.82, 2.24) is 10.2 Å². The van der Waals surface area contributed by atoms with Gasteiger partial charge in [-0.05, 0) is 30.7 Å². The van der Waals surface area contributed by atoms with Crippen molar-refractivity contribution in [1.29, 1.82) is 0 Å². The van der Waals surface area contributed by atoms with E-state index in [0.717, 1.165) is 19.3 Å². The van der Waals surface area contributed by atoms with Gasteiger partial charge in [0.15, 0.2) is 4.34 Å². The van der Waals surface area contributed by atoms with Crippen LogP contribution in [0.15, 0.2) is 37.4 Å². The van der Waals surface area contributed by atoms with Crippen LogP contribution in [-0.4, -0.2) is 15.3 Å². The van der Waals surface area contributed by atoms with Crippen LogP contribution in [-0.2, 0) is 0 Å². The minimum absolute atomic E-state index is 0.493. The van der Waals surface area contributed by atoms with Gasteiger partial charge in [-0.2, -0.15) is 0 Å². The van der Waals surface area contributed by atoms with Gasteiger partial charge in [-0.15, -0.1) is 10.2 Å². The Bertz CT molecular complexity index is 474. The maximum Gasteiger partial charge on any atom is 0.178 e. The normalized spacial score (nSPS) is 12.7. The van der Waals surface area contributed by atoms with Crippen molar-refractivity contribution >= 4 is 39.0 Å². The van der Waals surface area contributed by atoms with E-state index in [4.69, 9.17) is 0 Å². The monoisotopic (exact) mass is 316 g/mol. The van der Waals surface area contributed by atoms with E-state index in [1.165, 1.54) is 23.1 Å². The van der Waals surface area contributed by atoms with Crippen LogP contribution < -0.4 is 0 Å². The Labute approximate surface area is 110 Å². The fraction of sp³-hybridized carbons (Fsp3) is 0.200. The van der Waals surface area contributed by atoms with Gasteiger partial charge in [0.2, 0.25) is 0 Å². The average Bonchev–Trinajstić information content (AvgIpc) is 2.73. The highest BCUT2D eigenvalue weighted by Crippen LogP contribution is 2.35. The molecule has 0 fully saturated rings. The zero-order valence-corrected chi connectivity index (χ0v) is 11.6. The molecule has 1 N–H and O–H groups in total. The van der Waals surface area contributed by atoms with E-state index in [-0.39, 0.29) is 0 Å². The first-order valence-corrected chi connectivity index (χ1v) is 7.07. The Morgan fingerprint density at radius 3 is 2.94 bits per heavy atom. The molecule has 16 heavy (non-hydrogen) atoms. The number of nitrogens with zero attached hydrogens (tertiary/aromatic N) is 2. The minimum Gasteiger partial charge on any atom is -0.389 e. The highest BCUT2D eigenvalue weighted by Gasteiger charge is 2.11. The van der Waals surface area contributed by atoms with Crippen LogP contribution in [0.1, 0.15) is 18.6 Å². The van der Waals surface area contributed by atoms with E-state index in [9.17, 15) is 5.11 Å². The summed E-state index contributed by atoms with van der Waals surface area (Å²) < 4.78 is 1.84. The Morgan fingerprint density at radius 2 is 2.31 bits per heavy atom. The lowest BCUT2D eigenvalue weighted by atomic mass is 10.1. The van der Waals surface area contributed by atoms with E-state index in [1.807, 2.05) is 18.2 Å². The topological polar surface area (TPSA) is 46.0 Å². The summed E-state index contributed by atoms with van der Waals surface area (Å²) >= 11 is 6.41. The summed E-state index contributed by atoms with van der Waals surface area (Å²) in [5.74, 6) is 0. The van der Waals surface area contributed by atoms with Crippen molar-refractivity contribution in [2.75, 3.05) is 0 Å². The quantitative estimate of drug-likeness (QED) is 0.941. The molecule has 1 heterocycles. The molecule has 0 bridgehead atoms. The van der Waals surface area contributed by atoms with Crippen molar-refractivity contribution < 1.29 is 5.11 Å². The predicted molar refractivity (Wildman–Crippen MR) is 68.8 cm³/mol. The van der Waals surface area contributed by atoms with E-state index in [1.54, 1.807) is 12.4 Å². The fourth-order valence-electron chi connectivity index (χ4n) is 1.24. The number of aliphatic hydroxyl groups is 1. The second-order valence-corrected chi connectivity index (χ2v) is 6.20. The van der Waals surface area contributed by atoms with Crippen molar-refractivity contribution in [2.45, 2.75) is 22.3 Å². The van der Waals surface area contributed by atoms with Crippen LogP contribution in [0.3, 0.4) is 0 Å². The molecule has 1 atom stereocenters. The van der Waals surface area contributed by atoms with E-state index >= 15 is 0 Å². The Balaban J connectivity index is 2.33. The maximum absolute atomic E-state index is 9.69. The second kappa shape index (κ2) is 5.27. The van der Waals surface area contributed by atoms with Crippen molar-refractivity contribution in [3.05, 3.63) is 33.7 Å². The molecule has 0 amide bonds. The molecule has 0 radical (unpaired) electrons. The molecule has 0 spiro atoms. The lowest BCUT2D eigenvalue weighted by Gasteiger charge is -2.10. The third-order valence-electron chi connectivity index (χ3n) is 1.96. The van der Waals surface area contributed by atoms with Crippen LogP contribution in [0.5, 0.6) is 0 Å². The van der Waals surface area contributed by atoms with Gasteiger partial charge in [0.25, 0.3) is 0 Å². The highest BCUT2D eigenvalue weighted by atomic mass is 79.9. The number of aromatic nitrogens is 2. The summed E-state index contributed by atoms with van der Waals surface area (Å²) in [6, 6.07) is 5.85. The second-order valence-electron chi connectivity index (χ2n) is 3.16. The smallest absolute Gasteiger partial charge is 0.178 e. The third kappa shape index (κ3) is 2.82. The lowest BCUT2D eigenvalue weighted by molar-refractivity contribution is 0.196. The molecule has 0 saturated carbocycles. The molecule has 84 valence electrons. The van der Waals surface area contributed by atoms with Crippen LogP contribution in [0.25, 0.3) is 0 Å². The van der Waals surface area contributed by atoms with E-state index in [2.05, 4.69) is 26.1 Å². The third-order valence-corrected chi connectivity index (χ3v) is 4.32. The molecular weight excluding hydrogens is 308 g/mol. The number of halogens is 1. The van der Waals surface area contributed by atoms with Gasteiger partial charge < -0.3 is 5.11 Å². The molecule has 0 aliphatic rings. The molecule has 2 aromatic rings.